The lowest BCUT2D eigenvalue weighted by Crippen LogP contribution is -2.48. The van der Waals surface area contributed by atoms with E-state index in [1.165, 1.54) is 0 Å². The van der Waals surface area contributed by atoms with Gasteiger partial charge in [-0.2, -0.15) is 0 Å². The highest BCUT2D eigenvalue weighted by Gasteiger charge is 2.53. The van der Waals surface area contributed by atoms with E-state index in [2.05, 4.69) is 12.2 Å². The van der Waals surface area contributed by atoms with Crippen LogP contribution >= 0.6 is 0 Å². The summed E-state index contributed by atoms with van der Waals surface area (Å²) in [6.45, 7) is 2.09. The first kappa shape index (κ1) is 8.05. The Morgan fingerprint density at radius 1 is 1.58 bits per heavy atom. The predicted molar refractivity (Wildman–Crippen MR) is 44.7 cm³/mol. The summed E-state index contributed by atoms with van der Waals surface area (Å²) in [5.41, 5.74) is 0.234. The van der Waals surface area contributed by atoms with Crippen LogP contribution in [-0.4, -0.2) is 25.2 Å². The second kappa shape index (κ2) is 2.46. The van der Waals surface area contributed by atoms with Crippen molar-refractivity contribution < 1.29 is 9.53 Å². The smallest absolute Gasteiger partial charge is 0.220 e. The standard InChI is InChI=1S/C9H15NO2/c1-6-9(5-8(11)10-6)3-7(4-9)12-2/h6-7H,3-5H2,1-2H3,(H,10,11). The van der Waals surface area contributed by atoms with Gasteiger partial charge in [-0.25, -0.2) is 0 Å². The van der Waals surface area contributed by atoms with E-state index in [0.29, 0.717) is 18.6 Å². The minimum Gasteiger partial charge on any atom is -0.381 e. The number of methoxy groups -OCH3 is 1. The summed E-state index contributed by atoms with van der Waals surface area (Å²) in [6.07, 6.45) is 3.18. The van der Waals surface area contributed by atoms with Crippen LogP contribution in [0.3, 0.4) is 0 Å². The van der Waals surface area contributed by atoms with Crippen LogP contribution in [0, 0.1) is 5.41 Å². The third-order valence-electron chi connectivity index (χ3n) is 3.41. The van der Waals surface area contributed by atoms with E-state index >= 15 is 0 Å². The highest BCUT2D eigenvalue weighted by molar-refractivity contribution is 5.80. The molecule has 68 valence electrons. The Kier molecular flexibility index (Phi) is 1.65. The van der Waals surface area contributed by atoms with E-state index in [4.69, 9.17) is 4.74 Å². The van der Waals surface area contributed by atoms with Gasteiger partial charge in [-0.1, -0.05) is 0 Å². The molecule has 1 saturated heterocycles. The van der Waals surface area contributed by atoms with Crippen LogP contribution in [0.2, 0.25) is 0 Å². The fraction of sp³-hybridized carbons (Fsp3) is 0.889. The third kappa shape index (κ3) is 0.959. The Balaban J connectivity index is 2.01. The lowest BCUT2D eigenvalue weighted by atomic mass is 9.62. The molecule has 1 aliphatic heterocycles. The predicted octanol–water partition coefficient (Wildman–Crippen LogP) is 0.690. The molecular weight excluding hydrogens is 154 g/mol. The molecular formula is C9H15NO2. The minimum atomic E-state index is 0.206. The minimum absolute atomic E-state index is 0.206. The van der Waals surface area contributed by atoms with Gasteiger partial charge in [0.05, 0.1) is 6.10 Å². The van der Waals surface area contributed by atoms with E-state index in [1.807, 2.05) is 0 Å². The van der Waals surface area contributed by atoms with Gasteiger partial charge in [0.1, 0.15) is 0 Å². The Labute approximate surface area is 72.5 Å². The topological polar surface area (TPSA) is 38.3 Å². The summed E-state index contributed by atoms with van der Waals surface area (Å²) in [4.78, 5) is 11.1. The van der Waals surface area contributed by atoms with Gasteiger partial charge in [0.15, 0.2) is 0 Å². The quantitative estimate of drug-likeness (QED) is 0.627. The van der Waals surface area contributed by atoms with E-state index in [-0.39, 0.29) is 11.3 Å². The molecule has 1 heterocycles. The van der Waals surface area contributed by atoms with E-state index in [0.717, 1.165) is 12.8 Å². The van der Waals surface area contributed by atoms with Crippen LogP contribution in [0.1, 0.15) is 26.2 Å². The molecule has 2 fully saturated rings. The molecule has 2 rings (SSSR count). The van der Waals surface area contributed by atoms with Crippen LogP contribution in [0.15, 0.2) is 0 Å². The van der Waals surface area contributed by atoms with Crippen molar-refractivity contribution in [2.24, 2.45) is 5.41 Å². The van der Waals surface area contributed by atoms with Crippen molar-refractivity contribution in [2.75, 3.05) is 7.11 Å². The summed E-state index contributed by atoms with van der Waals surface area (Å²) in [7, 11) is 1.74. The fourth-order valence-electron chi connectivity index (χ4n) is 2.43. The molecule has 0 aromatic rings. The summed E-state index contributed by atoms with van der Waals surface area (Å²) in [6, 6.07) is 0.344. The first-order chi connectivity index (χ1) is 5.66. The average Bonchev–Trinajstić information content (AvgIpc) is 2.22. The Morgan fingerprint density at radius 2 is 2.25 bits per heavy atom. The summed E-state index contributed by atoms with van der Waals surface area (Å²) in [5.74, 6) is 0.206. The number of nitrogens with one attached hydrogen (secondary N) is 1. The van der Waals surface area contributed by atoms with Crippen molar-refractivity contribution in [1.82, 2.24) is 5.32 Å². The molecule has 1 unspecified atom stereocenters. The number of carbonyl (C=O) groups excluding carboxylic acids is 1. The molecule has 0 radical (unpaired) electrons. The second-order valence-electron chi connectivity index (χ2n) is 4.09. The zero-order valence-electron chi connectivity index (χ0n) is 7.59. The van der Waals surface area contributed by atoms with Crippen molar-refractivity contribution in [3.63, 3.8) is 0 Å². The third-order valence-corrected chi connectivity index (χ3v) is 3.41. The molecule has 1 amide bonds. The van der Waals surface area contributed by atoms with E-state index in [9.17, 15) is 4.79 Å². The fourth-order valence-corrected chi connectivity index (χ4v) is 2.43. The highest BCUT2D eigenvalue weighted by atomic mass is 16.5. The van der Waals surface area contributed by atoms with Crippen LogP contribution in [-0.2, 0) is 9.53 Å². The number of hydrogen-bond donors (Lipinski definition) is 1. The summed E-state index contributed by atoms with van der Waals surface area (Å²) < 4.78 is 5.22. The molecule has 12 heavy (non-hydrogen) atoms. The van der Waals surface area contributed by atoms with Gasteiger partial charge >= 0.3 is 0 Å². The van der Waals surface area contributed by atoms with Gasteiger partial charge in [0.25, 0.3) is 0 Å². The molecule has 1 atom stereocenters. The SMILES string of the molecule is COC1CC2(CC(=O)NC2C)C1. The van der Waals surface area contributed by atoms with E-state index in [1.54, 1.807) is 7.11 Å². The lowest BCUT2D eigenvalue weighted by molar-refractivity contribution is -0.121. The largest absolute Gasteiger partial charge is 0.381 e. The molecule has 0 aromatic heterocycles. The maximum atomic E-state index is 11.1. The molecule has 1 spiro atoms. The first-order valence-corrected chi connectivity index (χ1v) is 4.48. The lowest BCUT2D eigenvalue weighted by Gasteiger charge is -2.46. The maximum absolute atomic E-state index is 11.1. The van der Waals surface area contributed by atoms with Crippen molar-refractivity contribution in [2.45, 2.75) is 38.3 Å². The number of ether oxygens (including phenoxy) is 1. The van der Waals surface area contributed by atoms with E-state index < -0.39 is 0 Å². The molecule has 0 aromatic carbocycles. The monoisotopic (exact) mass is 169 g/mol. The molecule has 3 nitrogen and oxygen atoms in total. The zero-order valence-corrected chi connectivity index (χ0v) is 7.59. The zero-order chi connectivity index (χ0) is 8.77. The van der Waals surface area contributed by atoms with Crippen molar-refractivity contribution in [1.29, 1.82) is 0 Å². The van der Waals surface area contributed by atoms with Crippen LogP contribution in [0.25, 0.3) is 0 Å². The van der Waals surface area contributed by atoms with Crippen LogP contribution in [0.5, 0.6) is 0 Å². The van der Waals surface area contributed by atoms with Crippen molar-refractivity contribution in [3.05, 3.63) is 0 Å². The molecule has 3 heteroatoms. The summed E-state index contributed by atoms with van der Waals surface area (Å²) >= 11 is 0. The molecule has 1 N–H and O–H groups in total. The average molecular weight is 169 g/mol. The van der Waals surface area contributed by atoms with Crippen LogP contribution < -0.4 is 5.32 Å². The van der Waals surface area contributed by atoms with Gasteiger partial charge in [-0.15, -0.1) is 0 Å². The Bertz CT molecular complexity index is 209. The van der Waals surface area contributed by atoms with Gasteiger partial charge in [-0.3, -0.25) is 4.79 Å². The van der Waals surface area contributed by atoms with Gasteiger partial charge in [0, 0.05) is 25.0 Å². The maximum Gasteiger partial charge on any atom is 0.220 e. The van der Waals surface area contributed by atoms with Crippen LogP contribution in [0.4, 0.5) is 0 Å². The van der Waals surface area contributed by atoms with Crippen molar-refractivity contribution in [3.8, 4) is 0 Å². The number of hydrogen-bond acceptors (Lipinski definition) is 2. The Hall–Kier alpha value is -0.570. The number of amides is 1. The Morgan fingerprint density at radius 3 is 2.67 bits per heavy atom. The molecule has 0 bridgehead atoms. The molecule has 1 saturated carbocycles. The normalized spacial score (nSPS) is 46.0. The highest BCUT2D eigenvalue weighted by Crippen LogP contribution is 2.50. The van der Waals surface area contributed by atoms with Gasteiger partial charge in [0.2, 0.25) is 5.91 Å². The second-order valence-corrected chi connectivity index (χ2v) is 4.09. The molecule has 1 aliphatic carbocycles. The summed E-state index contributed by atoms with van der Waals surface area (Å²) in [5, 5.41) is 2.96. The number of carbonyl (C=O) groups is 1. The number of rotatable bonds is 1. The first-order valence-electron chi connectivity index (χ1n) is 4.48. The van der Waals surface area contributed by atoms with Gasteiger partial charge in [-0.05, 0) is 19.8 Å². The van der Waals surface area contributed by atoms with Gasteiger partial charge < -0.3 is 10.1 Å². The van der Waals surface area contributed by atoms with Crippen molar-refractivity contribution >= 4 is 5.91 Å². The molecule has 2 aliphatic rings.